The van der Waals surface area contributed by atoms with Gasteiger partial charge in [0.2, 0.25) is 0 Å². The van der Waals surface area contributed by atoms with Crippen molar-refractivity contribution in [1.29, 1.82) is 0 Å². The van der Waals surface area contributed by atoms with E-state index in [0.29, 0.717) is 11.5 Å². The van der Waals surface area contributed by atoms with Crippen molar-refractivity contribution in [1.82, 2.24) is 5.32 Å². The average Bonchev–Trinajstić information content (AvgIpc) is 1.95. The van der Waals surface area contributed by atoms with Crippen LogP contribution in [0.3, 0.4) is 0 Å². The normalized spacial score (nSPS) is 14.2. The van der Waals surface area contributed by atoms with Gasteiger partial charge in [-0.25, -0.2) is 0 Å². The van der Waals surface area contributed by atoms with Crippen LogP contribution in [0.25, 0.3) is 0 Å². The van der Waals surface area contributed by atoms with E-state index in [-0.39, 0.29) is 0 Å². The van der Waals surface area contributed by atoms with Crippen LogP contribution in [-0.4, -0.2) is 12.6 Å². The van der Waals surface area contributed by atoms with Gasteiger partial charge >= 0.3 is 0 Å². The molecule has 0 radical (unpaired) electrons. The minimum absolute atomic E-state index is 0.328. The van der Waals surface area contributed by atoms with Gasteiger partial charge < -0.3 is 5.32 Å². The molecule has 1 atom stereocenters. The van der Waals surface area contributed by atoms with Crippen LogP contribution in [0.2, 0.25) is 0 Å². The van der Waals surface area contributed by atoms with Gasteiger partial charge in [-0.2, -0.15) is 0 Å². The average molecular weight is 183 g/mol. The molecule has 13 heavy (non-hydrogen) atoms. The Morgan fingerprint density at radius 2 is 1.92 bits per heavy atom. The highest BCUT2D eigenvalue weighted by atomic mass is 14.9. The molecule has 0 aliphatic carbocycles. The Balaban J connectivity index is 4.11. The molecule has 0 aromatic carbocycles. The first-order valence-corrected chi connectivity index (χ1v) is 5.25. The van der Waals surface area contributed by atoms with Gasteiger partial charge in [0.15, 0.2) is 0 Å². The third-order valence-electron chi connectivity index (χ3n) is 2.24. The smallest absolute Gasteiger partial charge is 0.0152 e. The van der Waals surface area contributed by atoms with Crippen LogP contribution in [0.1, 0.15) is 47.5 Å². The summed E-state index contributed by atoms with van der Waals surface area (Å²) < 4.78 is 0. The maximum absolute atomic E-state index is 3.98. The topological polar surface area (TPSA) is 12.0 Å². The lowest BCUT2D eigenvalue weighted by Crippen LogP contribution is -2.40. The van der Waals surface area contributed by atoms with Crippen LogP contribution in [-0.2, 0) is 0 Å². The Labute approximate surface area is 83.6 Å². The second-order valence-corrected chi connectivity index (χ2v) is 5.03. The van der Waals surface area contributed by atoms with E-state index in [1.165, 1.54) is 12.0 Å². The number of hydrogen-bond acceptors (Lipinski definition) is 1. The first kappa shape index (κ1) is 12.7. The summed E-state index contributed by atoms with van der Waals surface area (Å²) in [6, 6.07) is 0.560. The molecular formula is C12H25N. The third-order valence-corrected chi connectivity index (χ3v) is 2.24. The first-order chi connectivity index (χ1) is 5.88. The molecule has 0 fully saturated rings. The van der Waals surface area contributed by atoms with Crippen LogP contribution >= 0.6 is 0 Å². The van der Waals surface area contributed by atoms with E-state index in [1.807, 2.05) is 0 Å². The number of rotatable bonds is 5. The molecule has 0 aromatic heterocycles. The molecule has 0 aliphatic rings. The second-order valence-electron chi connectivity index (χ2n) is 5.03. The quantitative estimate of drug-likeness (QED) is 0.644. The molecular weight excluding hydrogens is 158 g/mol. The fraction of sp³-hybridized carbons (Fsp3) is 0.833. The lowest BCUT2D eigenvalue weighted by atomic mass is 9.83. The minimum atomic E-state index is 0.328. The largest absolute Gasteiger partial charge is 0.313 e. The summed E-state index contributed by atoms with van der Waals surface area (Å²) in [5.74, 6) is 0. The molecule has 1 unspecified atom stereocenters. The summed E-state index contributed by atoms with van der Waals surface area (Å²) in [7, 11) is 0. The zero-order valence-electron chi connectivity index (χ0n) is 9.91. The Morgan fingerprint density at radius 1 is 1.38 bits per heavy atom. The highest BCUT2D eigenvalue weighted by Gasteiger charge is 2.23. The lowest BCUT2D eigenvalue weighted by molar-refractivity contribution is 0.266. The Morgan fingerprint density at radius 3 is 2.23 bits per heavy atom. The van der Waals surface area contributed by atoms with E-state index in [0.717, 1.165) is 13.0 Å². The monoisotopic (exact) mass is 183 g/mol. The van der Waals surface area contributed by atoms with Crippen molar-refractivity contribution in [2.24, 2.45) is 5.41 Å². The number of hydrogen-bond donors (Lipinski definition) is 1. The van der Waals surface area contributed by atoms with E-state index in [2.05, 4.69) is 46.5 Å². The van der Waals surface area contributed by atoms with Crippen LogP contribution in [0.5, 0.6) is 0 Å². The van der Waals surface area contributed by atoms with E-state index in [9.17, 15) is 0 Å². The predicted octanol–water partition coefficient (Wildman–Crippen LogP) is 3.37. The van der Waals surface area contributed by atoms with E-state index < -0.39 is 0 Å². The van der Waals surface area contributed by atoms with Crippen LogP contribution in [0.15, 0.2) is 12.2 Å². The molecule has 0 amide bonds. The van der Waals surface area contributed by atoms with E-state index in [4.69, 9.17) is 0 Å². The summed E-state index contributed by atoms with van der Waals surface area (Å²) in [5.41, 5.74) is 1.59. The molecule has 1 heteroatoms. The van der Waals surface area contributed by atoms with Gasteiger partial charge in [-0.3, -0.25) is 0 Å². The van der Waals surface area contributed by atoms with Crippen LogP contribution in [0, 0.1) is 5.41 Å². The predicted molar refractivity (Wildman–Crippen MR) is 61.0 cm³/mol. The molecule has 0 heterocycles. The van der Waals surface area contributed by atoms with E-state index in [1.54, 1.807) is 0 Å². The molecule has 0 aromatic rings. The lowest BCUT2D eigenvalue weighted by Gasteiger charge is -2.32. The van der Waals surface area contributed by atoms with Gasteiger partial charge in [0.05, 0.1) is 0 Å². The highest BCUT2D eigenvalue weighted by Crippen LogP contribution is 2.23. The maximum Gasteiger partial charge on any atom is 0.0152 e. The van der Waals surface area contributed by atoms with Gasteiger partial charge in [0.25, 0.3) is 0 Å². The molecule has 0 spiro atoms. The van der Waals surface area contributed by atoms with Crippen molar-refractivity contribution in [2.45, 2.75) is 53.5 Å². The standard InChI is InChI=1S/C12H25N/c1-7-8-13-11(9-10(2)3)12(4,5)6/h11,13H,2,7-9H2,1,3-6H3. The summed E-state index contributed by atoms with van der Waals surface area (Å²) in [5, 5.41) is 3.58. The Kier molecular flexibility index (Phi) is 5.31. The summed E-state index contributed by atoms with van der Waals surface area (Å²) in [4.78, 5) is 0. The summed E-state index contributed by atoms with van der Waals surface area (Å²) >= 11 is 0. The van der Waals surface area contributed by atoms with Crippen molar-refractivity contribution in [3.05, 3.63) is 12.2 Å². The molecule has 1 N–H and O–H groups in total. The summed E-state index contributed by atoms with van der Waals surface area (Å²) in [6.07, 6.45) is 2.28. The van der Waals surface area contributed by atoms with Gasteiger partial charge in [0.1, 0.15) is 0 Å². The van der Waals surface area contributed by atoms with Gasteiger partial charge in [-0.15, -0.1) is 6.58 Å². The van der Waals surface area contributed by atoms with Crippen molar-refractivity contribution in [3.63, 3.8) is 0 Å². The maximum atomic E-state index is 3.98. The van der Waals surface area contributed by atoms with Crippen LogP contribution < -0.4 is 5.32 Å². The second kappa shape index (κ2) is 5.43. The van der Waals surface area contributed by atoms with Gasteiger partial charge in [-0.1, -0.05) is 33.3 Å². The first-order valence-electron chi connectivity index (χ1n) is 5.25. The summed E-state index contributed by atoms with van der Waals surface area (Å²) in [6.45, 7) is 16.2. The van der Waals surface area contributed by atoms with Crippen molar-refractivity contribution < 1.29 is 0 Å². The minimum Gasteiger partial charge on any atom is -0.313 e. The Hall–Kier alpha value is -0.300. The number of nitrogens with one attached hydrogen (secondary N) is 1. The Bertz CT molecular complexity index is 153. The highest BCUT2D eigenvalue weighted by molar-refractivity contribution is 4.96. The zero-order chi connectivity index (χ0) is 10.5. The molecule has 0 rings (SSSR count). The molecule has 0 saturated carbocycles. The molecule has 1 nitrogen and oxygen atoms in total. The molecule has 78 valence electrons. The van der Waals surface area contributed by atoms with E-state index >= 15 is 0 Å². The van der Waals surface area contributed by atoms with Crippen molar-refractivity contribution in [2.75, 3.05) is 6.54 Å². The van der Waals surface area contributed by atoms with Gasteiger partial charge in [-0.05, 0) is 31.7 Å². The molecule has 0 saturated heterocycles. The molecule has 0 bridgehead atoms. The van der Waals surface area contributed by atoms with Crippen molar-refractivity contribution in [3.8, 4) is 0 Å². The van der Waals surface area contributed by atoms with Gasteiger partial charge in [0, 0.05) is 6.04 Å². The zero-order valence-corrected chi connectivity index (χ0v) is 9.91. The third kappa shape index (κ3) is 5.87. The molecule has 0 aliphatic heterocycles. The fourth-order valence-corrected chi connectivity index (χ4v) is 1.35. The fourth-order valence-electron chi connectivity index (χ4n) is 1.35. The SMILES string of the molecule is C=C(C)CC(NCCC)C(C)(C)C. The van der Waals surface area contributed by atoms with Crippen LogP contribution in [0.4, 0.5) is 0 Å². The van der Waals surface area contributed by atoms with Crippen molar-refractivity contribution >= 4 is 0 Å².